The second-order valence-corrected chi connectivity index (χ2v) is 10.5. The highest BCUT2D eigenvalue weighted by Crippen LogP contribution is 2.42. The fourth-order valence-corrected chi connectivity index (χ4v) is 5.41. The molecular formula is C28H32O14. The molecule has 228 valence electrons. The molecule has 0 aromatic heterocycles. The van der Waals surface area contributed by atoms with Gasteiger partial charge >= 0.3 is 0 Å². The van der Waals surface area contributed by atoms with Crippen molar-refractivity contribution in [3.8, 4) is 17.2 Å². The number of aliphatic hydroxyl groups excluding tert-OH is 6. The Hall–Kier alpha value is -3.18. The zero-order chi connectivity index (χ0) is 30.6. The third-order valence-electron chi connectivity index (χ3n) is 7.82. The maximum absolute atomic E-state index is 13.4. The lowest BCUT2D eigenvalue weighted by Crippen LogP contribution is -2.64. The average Bonchev–Trinajstić information content (AvgIpc) is 2.97. The van der Waals surface area contributed by atoms with Crippen LogP contribution in [0.2, 0.25) is 0 Å². The molecule has 0 unspecified atom stereocenters. The van der Waals surface area contributed by atoms with Crippen LogP contribution in [0.1, 0.15) is 44.3 Å². The van der Waals surface area contributed by atoms with E-state index < -0.39 is 79.6 Å². The van der Waals surface area contributed by atoms with Gasteiger partial charge in [0.25, 0.3) is 0 Å². The molecule has 2 aromatic carbocycles. The van der Waals surface area contributed by atoms with E-state index in [2.05, 4.69) is 0 Å². The number of hydrogen-bond acceptors (Lipinski definition) is 14. The number of aromatic hydroxyl groups is 1. The highest BCUT2D eigenvalue weighted by atomic mass is 16.8. The first-order chi connectivity index (χ1) is 19.9. The molecule has 0 spiro atoms. The van der Waals surface area contributed by atoms with Crippen molar-refractivity contribution >= 4 is 11.6 Å². The molecule has 10 atom stereocenters. The summed E-state index contributed by atoms with van der Waals surface area (Å²) in [5.74, 6) is -1.36. The summed E-state index contributed by atoms with van der Waals surface area (Å²) in [6.07, 6.45) is -15.4. The number of methoxy groups -OCH3 is 1. The normalized spacial score (nSPS) is 34.5. The number of rotatable bonds is 6. The first-order valence-corrected chi connectivity index (χ1v) is 13.2. The smallest absolute Gasteiger partial charge is 0.229 e. The van der Waals surface area contributed by atoms with Crippen molar-refractivity contribution < 1.29 is 69.0 Å². The highest BCUT2D eigenvalue weighted by molar-refractivity contribution is 6.29. The third kappa shape index (κ3) is 4.94. The number of hydrogen-bond donors (Lipinski definition) is 7. The molecule has 42 heavy (non-hydrogen) atoms. The lowest BCUT2D eigenvalue weighted by atomic mass is 9.82. The summed E-state index contributed by atoms with van der Waals surface area (Å²) in [6.45, 7) is 2.24. The van der Waals surface area contributed by atoms with Crippen LogP contribution in [0.4, 0.5) is 0 Å². The number of carbonyl (C=O) groups is 2. The minimum Gasteiger partial charge on any atom is -0.508 e. The molecule has 2 heterocycles. The Morgan fingerprint density at radius 3 is 2.21 bits per heavy atom. The van der Waals surface area contributed by atoms with E-state index in [0.717, 1.165) is 0 Å². The summed E-state index contributed by atoms with van der Waals surface area (Å²) >= 11 is 0. The van der Waals surface area contributed by atoms with Crippen LogP contribution < -0.4 is 9.47 Å². The molecule has 1 aliphatic carbocycles. The van der Waals surface area contributed by atoms with E-state index in [1.165, 1.54) is 38.3 Å². The van der Waals surface area contributed by atoms with Gasteiger partial charge in [-0.05, 0) is 38.1 Å². The van der Waals surface area contributed by atoms with Gasteiger partial charge in [0.05, 0.1) is 25.4 Å². The quantitative estimate of drug-likeness (QED) is 0.173. The third-order valence-corrected chi connectivity index (χ3v) is 7.82. The topological polar surface area (TPSA) is 222 Å². The number of ketones is 2. The van der Waals surface area contributed by atoms with Crippen LogP contribution in [0, 0.1) is 6.92 Å². The van der Waals surface area contributed by atoms with Gasteiger partial charge in [0.15, 0.2) is 24.0 Å². The van der Waals surface area contributed by atoms with Crippen LogP contribution in [0.15, 0.2) is 24.3 Å². The predicted octanol–water partition coefficient (Wildman–Crippen LogP) is -1.48. The molecule has 0 amide bonds. The summed E-state index contributed by atoms with van der Waals surface area (Å²) in [4.78, 5) is 26.8. The van der Waals surface area contributed by atoms with Crippen LogP contribution >= 0.6 is 0 Å². The molecule has 2 fully saturated rings. The first-order valence-electron chi connectivity index (χ1n) is 13.2. The number of benzene rings is 2. The first kappa shape index (κ1) is 30.3. The summed E-state index contributed by atoms with van der Waals surface area (Å²) in [5, 5.41) is 71.8. The van der Waals surface area contributed by atoms with Gasteiger partial charge in [0.1, 0.15) is 53.9 Å². The average molecular weight is 593 g/mol. The van der Waals surface area contributed by atoms with E-state index in [-0.39, 0.29) is 45.1 Å². The zero-order valence-corrected chi connectivity index (χ0v) is 22.8. The summed E-state index contributed by atoms with van der Waals surface area (Å²) in [7, 11) is 1.30. The monoisotopic (exact) mass is 592 g/mol. The minimum atomic E-state index is -1.77. The number of carbonyl (C=O) groups excluding carboxylic acids is 2. The van der Waals surface area contributed by atoms with E-state index in [4.69, 9.17) is 23.7 Å². The maximum atomic E-state index is 13.4. The van der Waals surface area contributed by atoms with Crippen molar-refractivity contribution in [2.75, 3.05) is 13.7 Å². The molecule has 3 aliphatic rings. The number of phenols is 1. The van der Waals surface area contributed by atoms with Crippen LogP contribution in [-0.2, 0) is 14.2 Å². The summed E-state index contributed by atoms with van der Waals surface area (Å²) < 4.78 is 28.4. The molecule has 0 radical (unpaired) electrons. The van der Waals surface area contributed by atoms with Crippen LogP contribution in [-0.4, -0.2) is 122 Å². The second kappa shape index (κ2) is 11.5. The molecule has 5 rings (SSSR count). The van der Waals surface area contributed by atoms with Crippen molar-refractivity contribution in [2.45, 2.75) is 75.3 Å². The number of ether oxygens (including phenoxy) is 5. The Balaban J connectivity index is 1.53. The fourth-order valence-electron chi connectivity index (χ4n) is 5.41. The van der Waals surface area contributed by atoms with Gasteiger partial charge in [-0.2, -0.15) is 0 Å². The maximum Gasteiger partial charge on any atom is 0.229 e. The fraction of sp³-hybridized carbons (Fsp3) is 0.500. The van der Waals surface area contributed by atoms with Crippen LogP contribution in [0.3, 0.4) is 0 Å². The van der Waals surface area contributed by atoms with Crippen LogP contribution in [0.25, 0.3) is 0 Å². The number of phenolic OH excluding ortho intramolecular Hbond substituents is 1. The largest absolute Gasteiger partial charge is 0.508 e. The molecular weight excluding hydrogens is 560 g/mol. The van der Waals surface area contributed by atoms with E-state index in [1.54, 1.807) is 6.92 Å². The number of fused-ring (bicyclic) bond motifs is 2. The van der Waals surface area contributed by atoms with Crippen molar-refractivity contribution in [1.29, 1.82) is 0 Å². The van der Waals surface area contributed by atoms with Gasteiger partial charge in [-0.3, -0.25) is 9.59 Å². The molecule has 0 saturated carbocycles. The predicted molar refractivity (Wildman–Crippen MR) is 138 cm³/mol. The van der Waals surface area contributed by atoms with Gasteiger partial charge in [-0.1, -0.05) is 0 Å². The lowest BCUT2D eigenvalue weighted by molar-refractivity contribution is -0.354. The van der Waals surface area contributed by atoms with Crippen molar-refractivity contribution in [2.24, 2.45) is 0 Å². The van der Waals surface area contributed by atoms with Gasteiger partial charge in [-0.25, -0.2) is 0 Å². The summed E-state index contributed by atoms with van der Waals surface area (Å²) in [6, 6.07) is 5.06. The number of aliphatic hydroxyl groups is 6. The van der Waals surface area contributed by atoms with Gasteiger partial charge in [-0.15, -0.1) is 0 Å². The molecule has 0 bridgehead atoms. The summed E-state index contributed by atoms with van der Waals surface area (Å²) in [5.41, 5.74) is 0.184. The molecule has 2 saturated heterocycles. The van der Waals surface area contributed by atoms with Gasteiger partial charge in [0, 0.05) is 22.3 Å². The van der Waals surface area contributed by atoms with E-state index in [0.29, 0.717) is 0 Å². The molecule has 2 aromatic rings. The molecule has 14 nitrogen and oxygen atoms in total. The van der Waals surface area contributed by atoms with Crippen molar-refractivity contribution in [3.05, 3.63) is 52.1 Å². The highest BCUT2D eigenvalue weighted by Gasteiger charge is 2.51. The van der Waals surface area contributed by atoms with Crippen molar-refractivity contribution in [3.63, 3.8) is 0 Å². The Bertz CT molecular complexity index is 1380. The second-order valence-electron chi connectivity index (χ2n) is 10.5. The Morgan fingerprint density at radius 1 is 0.833 bits per heavy atom. The Kier molecular flexibility index (Phi) is 8.28. The van der Waals surface area contributed by atoms with Crippen LogP contribution in [0.5, 0.6) is 17.2 Å². The van der Waals surface area contributed by atoms with Crippen molar-refractivity contribution in [1.82, 2.24) is 0 Å². The molecule has 2 aliphatic heterocycles. The van der Waals surface area contributed by atoms with E-state index >= 15 is 0 Å². The van der Waals surface area contributed by atoms with E-state index in [9.17, 15) is 45.3 Å². The molecule has 7 N–H and O–H groups in total. The van der Waals surface area contributed by atoms with E-state index in [1.807, 2.05) is 0 Å². The Labute approximate surface area is 239 Å². The SMILES string of the molecule is COc1c(C)c(O[C@@H]2O[C@H](CO)[C@@H](O)[C@H](O)[C@H]2O[C@@H]2O[C@@H](C)[C@H](O)[C@@H](O)[C@H]2O)cc2c1C(=O)c1ccc(O)cc1C2=O. The van der Waals surface area contributed by atoms with Gasteiger partial charge in [0.2, 0.25) is 6.29 Å². The zero-order valence-electron chi connectivity index (χ0n) is 22.8. The standard InChI is InChI=1S/C28H32O14/c1-9-15(7-14-17(25(9)38-3)20(33)12-5-4-11(30)6-13(12)19(14)32)40-28-26(23(36)21(34)16(8-29)41-28)42-27-24(37)22(35)18(31)10(2)39-27/h4-7,10,16,18,21-24,26-31,34-37H,8H2,1-3H3/t10-,16+,18-,21+,22+,23-,24+,26+,27-,28+/m0/s1. The Morgan fingerprint density at radius 2 is 1.55 bits per heavy atom. The van der Waals surface area contributed by atoms with Gasteiger partial charge < -0.3 is 59.4 Å². The lowest BCUT2D eigenvalue weighted by Gasteiger charge is -2.45. The molecule has 14 heteroatoms. The minimum absolute atomic E-state index is 0.0177.